The number of carbonyl (C=O) groups excluding carboxylic acids is 1. The van der Waals surface area contributed by atoms with Gasteiger partial charge in [-0.3, -0.25) is 4.79 Å². The average molecular weight is 324 g/mol. The van der Waals surface area contributed by atoms with E-state index in [4.69, 9.17) is 23.2 Å². The molecule has 0 aliphatic heterocycles. The summed E-state index contributed by atoms with van der Waals surface area (Å²) >= 11 is 11.7. The summed E-state index contributed by atoms with van der Waals surface area (Å²) < 4.78 is 0. The molecule has 21 heavy (non-hydrogen) atoms. The third kappa shape index (κ3) is 3.97. The number of rotatable bonds is 4. The zero-order valence-corrected chi connectivity index (χ0v) is 12.9. The van der Waals surface area contributed by atoms with Gasteiger partial charge in [0.05, 0.1) is 16.6 Å². The molecule has 1 amide bonds. The Morgan fingerprint density at radius 1 is 1.14 bits per heavy atom. The fraction of sp³-hybridized carbons (Fsp3) is 0.188. The van der Waals surface area contributed by atoms with Crippen molar-refractivity contribution in [3.63, 3.8) is 0 Å². The predicted molar refractivity (Wildman–Crippen MR) is 84.8 cm³/mol. The standard InChI is InChI=1S/C16H15Cl2NO2/c1-16(21,12-5-3-2-4-6-12)10-19-15(20)11-7-8-13(17)14(18)9-11/h2-9,21H,10H2,1H3,(H,19,20). The summed E-state index contributed by atoms with van der Waals surface area (Å²) in [6, 6.07) is 13.8. The van der Waals surface area contributed by atoms with Crippen LogP contribution in [-0.4, -0.2) is 17.6 Å². The highest BCUT2D eigenvalue weighted by atomic mass is 35.5. The SMILES string of the molecule is CC(O)(CNC(=O)c1ccc(Cl)c(Cl)c1)c1ccccc1. The van der Waals surface area contributed by atoms with E-state index in [1.165, 1.54) is 6.07 Å². The van der Waals surface area contributed by atoms with Gasteiger partial charge in [-0.1, -0.05) is 53.5 Å². The van der Waals surface area contributed by atoms with E-state index in [1.54, 1.807) is 19.1 Å². The van der Waals surface area contributed by atoms with E-state index in [0.29, 0.717) is 15.6 Å². The quantitative estimate of drug-likeness (QED) is 0.902. The van der Waals surface area contributed by atoms with Gasteiger partial charge in [0, 0.05) is 5.56 Å². The largest absolute Gasteiger partial charge is 0.384 e. The Bertz CT molecular complexity index is 642. The van der Waals surface area contributed by atoms with Gasteiger partial charge in [-0.2, -0.15) is 0 Å². The number of hydrogen-bond acceptors (Lipinski definition) is 2. The molecule has 3 nitrogen and oxygen atoms in total. The smallest absolute Gasteiger partial charge is 0.251 e. The van der Waals surface area contributed by atoms with Gasteiger partial charge in [-0.25, -0.2) is 0 Å². The Balaban J connectivity index is 2.05. The van der Waals surface area contributed by atoms with E-state index < -0.39 is 5.60 Å². The molecule has 2 aromatic rings. The minimum absolute atomic E-state index is 0.0933. The molecule has 1 unspecified atom stereocenters. The lowest BCUT2D eigenvalue weighted by Crippen LogP contribution is -2.38. The van der Waals surface area contributed by atoms with Crippen molar-refractivity contribution in [1.29, 1.82) is 0 Å². The fourth-order valence-electron chi connectivity index (χ4n) is 1.89. The second-order valence-corrected chi connectivity index (χ2v) is 5.77. The van der Waals surface area contributed by atoms with Gasteiger partial charge >= 0.3 is 0 Å². The molecule has 0 bridgehead atoms. The van der Waals surface area contributed by atoms with E-state index in [1.807, 2.05) is 30.3 Å². The highest BCUT2D eigenvalue weighted by Crippen LogP contribution is 2.23. The van der Waals surface area contributed by atoms with Crippen molar-refractivity contribution in [2.24, 2.45) is 0 Å². The summed E-state index contributed by atoms with van der Waals surface area (Å²) in [5.41, 5.74) is -0.0136. The van der Waals surface area contributed by atoms with Crippen molar-refractivity contribution in [2.75, 3.05) is 6.54 Å². The van der Waals surface area contributed by atoms with Crippen LogP contribution in [0.1, 0.15) is 22.8 Å². The maximum absolute atomic E-state index is 12.1. The van der Waals surface area contributed by atoms with Crippen molar-refractivity contribution < 1.29 is 9.90 Å². The van der Waals surface area contributed by atoms with Crippen LogP contribution in [0.15, 0.2) is 48.5 Å². The number of amides is 1. The molecule has 0 radical (unpaired) electrons. The highest BCUT2D eigenvalue weighted by Gasteiger charge is 2.23. The van der Waals surface area contributed by atoms with Crippen molar-refractivity contribution in [1.82, 2.24) is 5.32 Å². The van der Waals surface area contributed by atoms with Crippen LogP contribution in [0.2, 0.25) is 10.0 Å². The molecule has 0 saturated carbocycles. The second kappa shape index (κ2) is 6.48. The molecular formula is C16H15Cl2NO2. The van der Waals surface area contributed by atoms with E-state index >= 15 is 0 Å². The second-order valence-electron chi connectivity index (χ2n) is 4.95. The molecular weight excluding hydrogens is 309 g/mol. The van der Waals surface area contributed by atoms with Gasteiger partial charge in [0.15, 0.2) is 0 Å². The van der Waals surface area contributed by atoms with Crippen LogP contribution in [0.5, 0.6) is 0 Å². The zero-order chi connectivity index (χ0) is 15.5. The van der Waals surface area contributed by atoms with Crippen molar-refractivity contribution >= 4 is 29.1 Å². The number of nitrogens with one attached hydrogen (secondary N) is 1. The summed E-state index contributed by atoms with van der Waals surface area (Å²) in [7, 11) is 0. The first-order chi connectivity index (χ1) is 9.90. The molecule has 0 fully saturated rings. The molecule has 0 saturated heterocycles. The number of hydrogen-bond donors (Lipinski definition) is 2. The van der Waals surface area contributed by atoms with Gasteiger partial charge in [0.25, 0.3) is 5.91 Å². The summed E-state index contributed by atoms with van der Waals surface area (Å²) in [5.74, 6) is -0.315. The lowest BCUT2D eigenvalue weighted by Gasteiger charge is -2.24. The van der Waals surface area contributed by atoms with Gasteiger partial charge in [0.1, 0.15) is 5.60 Å². The lowest BCUT2D eigenvalue weighted by molar-refractivity contribution is 0.0526. The van der Waals surface area contributed by atoms with Crippen molar-refractivity contribution in [3.8, 4) is 0 Å². The molecule has 110 valence electrons. The molecule has 0 aliphatic rings. The van der Waals surface area contributed by atoms with Gasteiger partial charge in [-0.05, 0) is 30.7 Å². The maximum Gasteiger partial charge on any atom is 0.251 e. The normalized spacial score (nSPS) is 13.5. The van der Waals surface area contributed by atoms with E-state index in [9.17, 15) is 9.90 Å². The molecule has 0 aromatic heterocycles. The monoisotopic (exact) mass is 323 g/mol. The van der Waals surface area contributed by atoms with Gasteiger partial charge in [0.2, 0.25) is 0 Å². The Labute approximate surface area is 133 Å². The Morgan fingerprint density at radius 3 is 2.43 bits per heavy atom. The summed E-state index contributed by atoms with van der Waals surface area (Å²) in [5, 5.41) is 13.8. The molecule has 2 aromatic carbocycles. The molecule has 0 aliphatic carbocycles. The van der Waals surface area contributed by atoms with Crippen LogP contribution < -0.4 is 5.32 Å². The third-order valence-electron chi connectivity index (χ3n) is 3.17. The fourth-order valence-corrected chi connectivity index (χ4v) is 2.19. The topological polar surface area (TPSA) is 49.3 Å². The Kier molecular flexibility index (Phi) is 4.88. The number of halogens is 2. The van der Waals surface area contributed by atoms with Crippen molar-refractivity contribution in [3.05, 3.63) is 69.7 Å². The Morgan fingerprint density at radius 2 is 1.81 bits per heavy atom. The first-order valence-corrected chi connectivity index (χ1v) is 7.17. The van der Waals surface area contributed by atoms with Crippen LogP contribution in [0.4, 0.5) is 0 Å². The van der Waals surface area contributed by atoms with Crippen LogP contribution in [-0.2, 0) is 5.60 Å². The van der Waals surface area contributed by atoms with Crippen LogP contribution in [0.3, 0.4) is 0 Å². The average Bonchev–Trinajstić information content (AvgIpc) is 2.48. The minimum Gasteiger partial charge on any atom is -0.384 e. The van der Waals surface area contributed by atoms with Crippen LogP contribution in [0.25, 0.3) is 0 Å². The number of benzene rings is 2. The Hall–Kier alpha value is -1.55. The van der Waals surface area contributed by atoms with E-state index in [2.05, 4.69) is 5.32 Å². The minimum atomic E-state index is -1.15. The van der Waals surface area contributed by atoms with Gasteiger partial charge < -0.3 is 10.4 Å². The van der Waals surface area contributed by atoms with Gasteiger partial charge in [-0.15, -0.1) is 0 Å². The first-order valence-electron chi connectivity index (χ1n) is 6.41. The summed E-state index contributed by atoms with van der Waals surface area (Å²) in [6.07, 6.45) is 0. The molecule has 2 N–H and O–H groups in total. The summed E-state index contributed by atoms with van der Waals surface area (Å²) in [6.45, 7) is 1.74. The zero-order valence-electron chi connectivity index (χ0n) is 11.4. The van der Waals surface area contributed by atoms with Crippen LogP contribution >= 0.6 is 23.2 Å². The maximum atomic E-state index is 12.1. The molecule has 5 heteroatoms. The molecule has 0 heterocycles. The molecule has 2 rings (SSSR count). The van der Waals surface area contributed by atoms with Crippen LogP contribution in [0, 0.1) is 0 Å². The molecule has 1 atom stereocenters. The van der Waals surface area contributed by atoms with E-state index in [0.717, 1.165) is 5.56 Å². The highest BCUT2D eigenvalue weighted by molar-refractivity contribution is 6.42. The lowest BCUT2D eigenvalue weighted by atomic mass is 9.96. The predicted octanol–water partition coefficient (Wildman–Crippen LogP) is 3.63. The third-order valence-corrected chi connectivity index (χ3v) is 3.91. The summed E-state index contributed by atoms with van der Waals surface area (Å²) in [4.78, 5) is 12.1. The number of aliphatic hydroxyl groups is 1. The molecule has 0 spiro atoms. The van der Waals surface area contributed by atoms with Crippen molar-refractivity contribution in [2.45, 2.75) is 12.5 Å². The van der Waals surface area contributed by atoms with E-state index in [-0.39, 0.29) is 12.5 Å². The number of carbonyl (C=O) groups is 1. The first kappa shape index (κ1) is 15.8.